The van der Waals surface area contributed by atoms with Crippen LogP contribution in [0.5, 0.6) is 0 Å². The van der Waals surface area contributed by atoms with Crippen molar-refractivity contribution >= 4 is 22.4 Å². The molecule has 1 fully saturated rings. The Balaban J connectivity index is 1.89. The lowest BCUT2D eigenvalue weighted by molar-refractivity contribution is 0.0950. The number of carbonyl (C=O) groups excluding carboxylic acids is 1. The maximum absolute atomic E-state index is 13.1. The average Bonchev–Trinajstić information content (AvgIpc) is 2.84. The predicted octanol–water partition coefficient (Wildman–Crippen LogP) is 0.977. The Kier molecular flexibility index (Phi) is 2.31. The van der Waals surface area contributed by atoms with Gasteiger partial charge in [0.15, 0.2) is 5.13 Å². The van der Waals surface area contributed by atoms with Gasteiger partial charge in [0.05, 0.1) is 12.2 Å². The van der Waals surface area contributed by atoms with Crippen molar-refractivity contribution in [3.8, 4) is 0 Å². The lowest BCUT2D eigenvalue weighted by Gasteiger charge is -2.12. The highest BCUT2D eigenvalue weighted by molar-refractivity contribution is 7.17. The number of aromatic nitrogens is 1. The highest BCUT2D eigenvalue weighted by Gasteiger charge is 2.28. The molecule has 6 heteroatoms. The summed E-state index contributed by atoms with van der Waals surface area (Å²) in [5.41, 5.74) is 0.867. The minimum atomic E-state index is -0.755. The van der Waals surface area contributed by atoms with E-state index < -0.39 is 6.17 Å². The van der Waals surface area contributed by atoms with Gasteiger partial charge in [0.1, 0.15) is 11.0 Å². The average molecular weight is 241 g/mol. The third-order valence-corrected chi connectivity index (χ3v) is 4.10. The number of nitrogens with zero attached hydrogens (tertiary/aromatic N) is 2. The Morgan fingerprint density at radius 3 is 3.12 bits per heavy atom. The number of carbonyl (C=O) groups is 1. The first-order valence-electron chi connectivity index (χ1n) is 5.41. The molecule has 0 bridgehead atoms. The van der Waals surface area contributed by atoms with Crippen molar-refractivity contribution in [1.82, 2.24) is 10.3 Å². The van der Waals surface area contributed by atoms with E-state index in [1.807, 2.05) is 4.90 Å². The van der Waals surface area contributed by atoms with Crippen molar-refractivity contribution in [3.05, 3.63) is 10.6 Å². The fourth-order valence-electron chi connectivity index (χ4n) is 2.09. The first-order valence-corrected chi connectivity index (χ1v) is 6.22. The molecule has 4 nitrogen and oxygen atoms in total. The summed E-state index contributed by atoms with van der Waals surface area (Å²) in [5.74, 6) is -0.0407. The molecular weight excluding hydrogens is 229 g/mol. The molecule has 1 aromatic rings. The van der Waals surface area contributed by atoms with Crippen molar-refractivity contribution in [1.29, 1.82) is 0 Å². The largest absolute Gasteiger partial charge is 0.351 e. The molecule has 1 saturated heterocycles. The summed E-state index contributed by atoms with van der Waals surface area (Å²) >= 11 is 1.38. The van der Waals surface area contributed by atoms with Crippen molar-refractivity contribution in [2.45, 2.75) is 19.0 Å². The van der Waals surface area contributed by atoms with Crippen LogP contribution in [-0.4, -0.2) is 36.7 Å². The minimum absolute atomic E-state index is 0.0407. The lowest BCUT2D eigenvalue weighted by atomic mass is 10.2. The molecule has 1 aromatic heterocycles. The molecule has 2 aliphatic heterocycles. The molecule has 0 radical (unpaired) electrons. The number of amides is 1. The van der Waals surface area contributed by atoms with Gasteiger partial charge in [-0.05, 0) is 6.42 Å². The van der Waals surface area contributed by atoms with E-state index in [0.717, 1.165) is 17.2 Å². The summed E-state index contributed by atoms with van der Waals surface area (Å²) in [4.78, 5) is 18.6. The van der Waals surface area contributed by atoms with Crippen LogP contribution in [0.25, 0.3) is 0 Å². The molecular formula is C10H12FN3OS. The van der Waals surface area contributed by atoms with E-state index in [1.165, 1.54) is 11.3 Å². The van der Waals surface area contributed by atoms with E-state index in [2.05, 4.69) is 10.3 Å². The molecule has 0 aromatic carbocycles. The molecule has 3 heterocycles. The number of thiazole rings is 1. The monoisotopic (exact) mass is 241 g/mol. The summed E-state index contributed by atoms with van der Waals surface area (Å²) in [7, 11) is 0. The van der Waals surface area contributed by atoms with Crippen LogP contribution in [0.2, 0.25) is 0 Å². The van der Waals surface area contributed by atoms with Crippen molar-refractivity contribution in [2.75, 3.05) is 24.5 Å². The van der Waals surface area contributed by atoms with Gasteiger partial charge in [-0.1, -0.05) is 11.3 Å². The van der Waals surface area contributed by atoms with Crippen LogP contribution in [0.1, 0.15) is 21.8 Å². The van der Waals surface area contributed by atoms with E-state index in [4.69, 9.17) is 0 Å². The normalized spacial score (nSPS) is 24.4. The summed E-state index contributed by atoms with van der Waals surface area (Å²) in [6, 6.07) is 0. The quantitative estimate of drug-likeness (QED) is 0.797. The number of rotatable bonds is 1. The second-order valence-corrected chi connectivity index (χ2v) is 5.09. The van der Waals surface area contributed by atoms with Crippen molar-refractivity contribution in [3.63, 3.8) is 0 Å². The Bertz CT molecular complexity index is 434. The smallest absolute Gasteiger partial charge is 0.263 e. The van der Waals surface area contributed by atoms with E-state index in [9.17, 15) is 9.18 Å². The number of alkyl halides is 1. The second kappa shape index (κ2) is 3.69. The van der Waals surface area contributed by atoms with Gasteiger partial charge in [-0.2, -0.15) is 0 Å². The number of nitrogens with one attached hydrogen (secondary N) is 1. The Morgan fingerprint density at radius 1 is 1.56 bits per heavy atom. The van der Waals surface area contributed by atoms with E-state index >= 15 is 0 Å². The number of anilines is 1. The maximum Gasteiger partial charge on any atom is 0.263 e. The number of halogens is 1. The van der Waals surface area contributed by atoms with Crippen molar-refractivity contribution in [2.24, 2.45) is 0 Å². The molecule has 1 atom stereocenters. The second-order valence-electron chi connectivity index (χ2n) is 4.11. The zero-order valence-corrected chi connectivity index (χ0v) is 9.52. The highest BCUT2D eigenvalue weighted by Crippen LogP contribution is 2.30. The third-order valence-electron chi connectivity index (χ3n) is 2.94. The van der Waals surface area contributed by atoms with Gasteiger partial charge in [-0.25, -0.2) is 9.37 Å². The zero-order valence-electron chi connectivity index (χ0n) is 8.70. The molecule has 86 valence electrons. The molecule has 2 aliphatic rings. The summed E-state index contributed by atoms with van der Waals surface area (Å²) in [6.07, 6.45) is 0.593. The van der Waals surface area contributed by atoms with E-state index in [0.29, 0.717) is 30.9 Å². The van der Waals surface area contributed by atoms with Crippen LogP contribution < -0.4 is 10.2 Å². The Morgan fingerprint density at radius 2 is 2.44 bits per heavy atom. The van der Waals surface area contributed by atoms with Gasteiger partial charge in [0, 0.05) is 19.5 Å². The van der Waals surface area contributed by atoms with Crippen LogP contribution >= 0.6 is 11.3 Å². The van der Waals surface area contributed by atoms with E-state index in [-0.39, 0.29) is 5.91 Å². The topological polar surface area (TPSA) is 45.2 Å². The zero-order chi connectivity index (χ0) is 11.1. The summed E-state index contributed by atoms with van der Waals surface area (Å²) in [6.45, 7) is 1.77. The molecule has 16 heavy (non-hydrogen) atoms. The molecule has 1 amide bonds. The van der Waals surface area contributed by atoms with Crippen LogP contribution in [-0.2, 0) is 6.42 Å². The standard InChI is InChI=1S/C10H12FN3OS/c11-6-2-4-14(5-6)10-13-7-1-3-12-9(15)8(7)16-10/h6H,1-5H2,(H,12,15)/t6-/m0/s1. The van der Waals surface area contributed by atoms with Gasteiger partial charge >= 0.3 is 0 Å². The van der Waals surface area contributed by atoms with Crippen molar-refractivity contribution < 1.29 is 9.18 Å². The van der Waals surface area contributed by atoms with Crippen LogP contribution in [0.15, 0.2) is 0 Å². The number of hydrogen-bond acceptors (Lipinski definition) is 4. The van der Waals surface area contributed by atoms with Crippen LogP contribution in [0, 0.1) is 0 Å². The fraction of sp³-hybridized carbons (Fsp3) is 0.600. The molecule has 0 aliphatic carbocycles. The SMILES string of the molecule is O=C1NCCc2nc(N3CC[C@H](F)C3)sc21. The van der Waals surface area contributed by atoms with Crippen LogP contribution in [0.4, 0.5) is 9.52 Å². The molecule has 0 unspecified atom stereocenters. The van der Waals surface area contributed by atoms with Crippen LogP contribution in [0.3, 0.4) is 0 Å². The number of hydrogen-bond donors (Lipinski definition) is 1. The molecule has 0 spiro atoms. The first-order chi connectivity index (χ1) is 7.74. The molecule has 1 N–H and O–H groups in total. The first kappa shape index (κ1) is 10.0. The maximum atomic E-state index is 13.1. The van der Waals surface area contributed by atoms with Gasteiger partial charge < -0.3 is 10.2 Å². The predicted molar refractivity (Wildman–Crippen MR) is 59.9 cm³/mol. The van der Waals surface area contributed by atoms with E-state index in [1.54, 1.807) is 0 Å². The summed E-state index contributed by atoms with van der Waals surface area (Å²) < 4.78 is 13.1. The fourth-order valence-corrected chi connectivity index (χ4v) is 3.15. The highest BCUT2D eigenvalue weighted by atomic mass is 32.1. The number of fused-ring (bicyclic) bond motifs is 1. The van der Waals surface area contributed by atoms with Gasteiger partial charge in [-0.3, -0.25) is 4.79 Å². The Labute approximate surface area is 96.5 Å². The van der Waals surface area contributed by atoms with Gasteiger partial charge in [-0.15, -0.1) is 0 Å². The van der Waals surface area contributed by atoms with Gasteiger partial charge in [0.25, 0.3) is 5.91 Å². The summed E-state index contributed by atoms with van der Waals surface area (Å²) in [5, 5.41) is 3.58. The Hall–Kier alpha value is -1.17. The molecule has 3 rings (SSSR count). The third kappa shape index (κ3) is 1.57. The minimum Gasteiger partial charge on any atom is -0.351 e. The van der Waals surface area contributed by atoms with Gasteiger partial charge in [0.2, 0.25) is 0 Å². The molecule has 0 saturated carbocycles. The lowest BCUT2D eigenvalue weighted by Crippen LogP contribution is -2.30.